The molecule has 0 aromatic heterocycles. The summed E-state index contributed by atoms with van der Waals surface area (Å²) in [6.45, 7) is 2.78. The standard InChI is InChI=1S/C22H23N3O3/c26-20(24-13-16-6-4-10-23-12-16)17-7-3-5-15(11-17)14-25-21(27)18-8-1-2-9-19(18)22(25)28/h1-3,5,7-9,11,16,23H,4,6,10,12-14H2,(H,24,26). The summed E-state index contributed by atoms with van der Waals surface area (Å²) in [4.78, 5) is 38.8. The van der Waals surface area contributed by atoms with E-state index < -0.39 is 0 Å². The maximum Gasteiger partial charge on any atom is 0.261 e. The second kappa shape index (κ2) is 7.94. The maximum absolute atomic E-state index is 12.5. The van der Waals surface area contributed by atoms with E-state index in [4.69, 9.17) is 0 Å². The first-order chi connectivity index (χ1) is 13.6. The number of piperidine rings is 1. The molecular weight excluding hydrogens is 354 g/mol. The van der Waals surface area contributed by atoms with Crippen molar-refractivity contribution in [3.05, 3.63) is 70.8 Å². The van der Waals surface area contributed by atoms with Crippen molar-refractivity contribution >= 4 is 17.7 Å². The van der Waals surface area contributed by atoms with E-state index in [0.717, 1.165) is 31.5 Å². The second-order valence-electron chi connectivity index (χ2n) is 7.36. The zero-order valence-electron chi connectivity index (χ0n) is 15.6. The lowest BCUT2D eigenvalue weighted by Gasteiger charge is -2.23. The van der Waals surface area contributed by atoms with Crippen LogP contribution in [-0.2, 0) is 6.54 Å². The number of imide groups is 1. The van der Waals surface area contributed by atoms with Gasteiger partial charge in [-0.2, -0.15) is 0 Å². The molecule has 0 spiro atoms. The van der Waals surface area contributed by atoms with Gasteiger partial charge in [0.15, 0.2) is 0 Å². The molecule has 2 aliphatic rings. The van der Waals surface area contributed by atoms with Crippen molar-refractivity contribution in [3.63, 3.8) is 0 Å². The van der Waals surface area contributed by atoms with Crippen LogP contribution in [0.5, 0.6) is 0 Å². The largest absolute Gasteiger partial charge is 0.352 e. The summed E-state index contributed by atoms with van der Waals surface area (Å²) in [6, 6.07) is 13.9. The van der Waals surface area contributed by atoms with Gasteiger partial charge >= 0.3 is 0 Å². The SMILES string of the molecule is O=C(NCC1CCCNC1)c1cccc(CN2C(=O)c3ccccc3C2=O)c1. The van der Waals surface area contributed by atoms with Crippen LogP contribution in [0.3, 0.4) is 0 Å². The Morgan fingerprint density at radius 3 is 2.50 bits per heavy atom. The molecule has 2 aromatic carbocycles. The molecule has 2 heterocycles. The molecule has 1 saturated heterocycles. The van der Waals surface area contributed by atoms with Gasteiger partial charge in [0.2, 0.25) is 0 Å². The number of carbonyl (C=O) groups is 3. The fraction of sp³-hybridized carbons (Fsp3) is 0.318. The number of hydrogen-bond acceptors (Lipinski definition) is 4. The van der Waals surface area contributed by atoms with Gasteiger partial charge in [0, 0.05) is 12.1 Å². The summed E-state index contributed by atoms with van der Waals surface area (Å²) in [5.74, 6) is -0.255. The van der Waals surface area contributed by atoms with Gasteiger partial charge in [-0.1, -0.05) is 24.3 Å². The lowest BCUT2D eigenvalue weighted by atomic mass is 9.99. The normalized spacial score (nSPS) is 18.9. The predicted molar refractivity (Wildman–Crippen MR) is 105 cm³/mol. The van der Waals surface area contributed by atoms with Crippen LogP contribution in [0, 0.1) is 5.92 Å². The molecular formula is C22H23N3O3. The van der Waals surface area contributed by atoms with E-state index in [-0.39, 0.29) is 24.3 Å². The minimum atomic E-state index is -0.291. The maximum atomic E-state index is 12.5. The molecule has 6 heteroatoms. The number of amides is 3. The van der Waals surface area contributed by atoms with E-state index >= 15 is 0 Å². The Kier molecular flexibility index (Phi) is 5.21. The lowest BCUT2D eigenvalue weighted by Crippen LogP contribution is -2.38. The van der Waals surface area contributed by atoms with Crippen LogP contribution in [0.25, 0.3) is 0 Å². The first-order valence-corrected chi connectivity index (χ1v) is 9.66. The first kappa shape index (κ1) is 18.4. The van der Waals surface area contributed by atoms with Crippen molar-refractivity contribution in [3.8, 4) is 0 Å². The number of benzene rings is 2. The van der Waals surface area contributed by atoms with Crippen LogP contribution in [0.2, 0.25) is 0 Å². The summed E-state index contributed by atoms with van der Waals surface area (Å²) in [6.07, 6.45) is 2.25. The van der Waals surface area contributed by atoms with E-state index in [1.54, 1.807) is 42.5 Å². The van der Waals surface area contributed by atoms with Crippen LogP contribution in [0.1, 0.15) is 49.5 Å². The van der Waals surface area contributed by atoms with Gasteiger partial charge in [0.1, 0.15) is 0 Å². The number of rotatable bonds is 5. The highest BCUT2D eigenvalue weighted by molar-refractivity contribution is 6.21. The number of fused-ring (bicyclic) bond motifs is 1. The van der Waals surface area contributed by atoms with Crippen molar-refractivity contribution < 1.29 is 14.4 Å². The molecule has 0 saturated carbocycles. The quantitative estimate of drug-likeness (QED) is 0.783. The van der Waals surface area contributed by atoms with E-state index in [1.807, 2.05) is 6.07 Å². The highest BCUT2D eigenvalue weighted by Crippen LogP contribution is 2.24. The molecule has 2 N–H and O–H groups in total. The van der Waals surface area contributed by atoms with Crippen LogP contribution >= 0.6 is 0 Å². The number of hydrogen-bond donors (Lipinski definition) is 2. The van der Waals surface area contributed by atoms with Crippen LogP contribution in [0.15, 0.2) is 48.5 Å². The van der Waals surface area contributed by atoms with Crippen molar-refractivity contribution in [2.24, 2.45) is 5.92 Å². The minimum Gasteiger partial charge on any atom is -0.352 e. The van der Waals surface area contributed by atoms with E-state index in [2.05, 4.69) is 10.6 Å². The van der Waals surface area contributed by atoms with E-state index in [0.29, 0.717) is 29.2 Å². The van der Waals surface area contributed by atoms with Crippen LogP contribution < -0.4 is 10.6 Å². The van der Waals surface area contributed by atoms with Gasteiger partial charge in [-0.25, -0.2) is 0 Å². The Morgan fingerprint density at radius 1 is 1.07 bits per heavy atom. The monoisotopic (exact) mass is 377 g/mol. The minimum absolute atomic E-state index is 0.130. The highest BCUT2D eigenvalue weighted by atomic mass is 16.2. The molecule has 2 aromatic rings. The Balaban J connectivity index is 1.42. The molecule has 1 unspecified atom stereocenters. The summed E-state index contributed by atoms with van der Waals surface area (Å²) in [7, 11) is 0. The van der Waals surface area contributed by atoms with Gasteiger partial charge in [-0.3, -0.25) is 19.3 Å². The average Bonchev–Trinajstić information content (AvgIpc) is 2.98. The van der Waals surface area contributed by atoms with Gasteiger partial charge in [0.05, 0.1) is 17.7 Å². The number of nitrogens with one attached hydrogen (secondary N) is 2. The smallest absolute Gasteiger partial charge is 0.261 e. The molecule has 3 amide bonds. The van der Waals surface area contributed by atoms with Crippen LogP contribution in [0.4, 0.5) is 0 Å². The fourth-order valence-electron chi connectivity index (χ4n) is 3.81. The zero-order valence-corrected chi connectivity index (χ0v) is 15.6. The molecule has 0 bridgehead atoms. The van der Waals surface area contributed by atoms with E-state index in [1.165, 1.54) is 4.90 Å². The average molecular weight is 377 g/mol. The van der Waals surface area contributed by atoms with Crippen LogP contribution in [-0.4, -0.2) is 42.3 Å². The fourth-order valence-corrected chi connectivity index (χ4v) is 3.81. The predicted octanol–water partition coefficient (Wildman–Crippen LogP) is 2.21. The highest BCUT2D eigenvalue weighted by Gasteiger charge is 2.35. The zero-order chi connectivity index (χ0) is 19.5. The van der Waals surface area contributed by atoms with Gasteiger partial charge in [0.25, 0.3) is 17.7 Å². The molecule has 4 rings (SSSR count). The Bertz CT molecular complexity index is 884. The topological polar surface area (TPSA) is 78.5 Å². The molecule has 28 heavy (non-hydrogen) atoms. The van der Waals surface area contributed by atoms with Crippen molar-refractivity contribution in [2.45, 2.75) is 19.4 Å². The van der Waals surface area contributed by atoms with Crippen molar-refractivity contribution in [1.29, 1.82) is 0 Å². The van der Waals surface area contributed by atoms with Crippen molar-refractivity contribution in [1.82, 2.24) is 15.5 Å². The summed E-state index contributed by atoms with van der Waals surface area (Å²) in [5.41, 5.74) is 2.16. The third-order valence-electron chi connectivity index (χ3n) is 5.36. The van der Waals surface area contributed by atoms with Gasteiger partial charge < -0.3 is 10.6 Å². The molecule has 2 aliphatic heterocycles. The van der Waals surface area contributed by atoms with Gasteiger partial charge in [-0.15, -0.1) is 0 Å². The summed E-state index contributed by atoms with van der Waals surface area (Å²) in [5, 5.41) is 6.34. The number of nitrogens with zero attached hydrogens (tertiary/aromatic N) is 1. The van der Waals surface area contributed by atoms with Crippen molar-refractivity contribution in [2.75, 3.05) is 19.6 Å². The number of carbonyl (C=O) groups excluding carboxylic acids is 3. The van der Waals surface area contributed by atoms with E-state index in [9.17, 15) is 14.4 Å². The molecule has 1 atom stereocenters. The Hall–Kier alpha value is -2.99. The molecule has 0 aliphatic carbocycles. The Labute approximate surface area is 163 Å². The molecule has 0 radical (unpaired) electrons. The molecule has 1 fully saturated rings. The third kappa shape index (κ3) is 3.68. The summed E-state index contributed by atoms with van der Waals surface area (Å²) >= 11 is 0. The second-order valence-corrected chi connectivity index (χ2v) is 7.36. The molecule has 6 nitrogen and oxygen atoms in total. The third-order valence-corrected chi connectivity index (χ3v) is 5.36. The summed E-state index contributed by atoms with van der Waals surface area (Å²) < 4.78 is 0. The molecule has 144 valence electrons. The van der Waals surface area contributed by atoms with Gasteiger partial charge in [-0.05, 0) is 61.7 Å². The first-order valence-electron chi connectivity index (χ1n) is 9.66. The lowest BCUT2D eigenvalue weighted by molar-refractivity contribution is 0.0642. The Morgan fingerprint density at radius 2 is 1.82 bits per heavy atom.